The highest BCUT2D eigenvalue weighted by Gasteiger charge is 2.30. The summed E-state index contributed by atoms with van der Waals surface area (Å²) in [6.45, 7) is 4.52. The van der Waals surface area contributed by atoms with Gasteiger partial charge in [0.1, 0.15) is 12.4 Å². The number of ether oxygens (including phenoxy) is 1. The van der Waals surface area contributed by atoms with Crippen LogP contribution in [0.1, 0.15) is 32.6 Å². The maximum Gasteiger partial charge on any atom is 0.191 e. The Hall–Kier alpha value is -1.02. The molecular formula is C17H28IN3O2. The number of hydrogen-bond acceptors (Lipinski definition) is 3. The van der Waals surface area contributed by atoms with Crippen molar-refractivity contribution in [1.29, 1.82) is 0 Å². The van der Waals surface area contributed by atoms with Gasteiger partial charge in [-0.25, -0.2) is 0 Å². The van der Waals surface area contributed by atoms with E-state index >= 15 is 0 Å². The number of halogens is 1. The molecule has 3 N–H and O–H groups in total. The van der Waals surface area contributed by atoms with Crippen LogP contribution in [0.3, 0.4) is 0 Å². The fourth-order valence-electron chi connectivity index (χ4n) is 2.61. The van der Waals surface area contributed by atoms with E-state index in [1.54, 1.807) is 0 Å². The third-order valence-electron chi connectivity index (χ3n) is 3.82. The highest BCUT2D eigenvalue weighted by molar-refractivity contribution is 14.0. The van der Waals surface area contributed by atoms with Gasteiger partial charge in [-0.3, -0.25) is 4.99 Å². The fraction of sp³-hybridized carbons (Fsp3) is 0.588. The van der Waals surface area contributed by atoms with Crippen LogP contribution < -0.4 is 15.4 Å². The van der Waals surface area contributed by atoms with Gasteiger partial charge >= 0.3 is 0 Å². The third-order valence-corrected chi connectivity index (χ3v) is 3.82. The number of nitrogens with one attached hydrogen (secondary N) is 2. The summed E-state index contributed by atoms with van der Waals surface area (Å²) in [5, 5.41) is 16.8. The molecule has 1 aliphatic rings. The summed E-state index contributed by atoms with van der Waals surface area (Å²) in [4.78, 5) is 4.50. The molecule has 0 saturated heterocycles. The Morgan fingerprint density at radius 3 is 2.57 bits per heavy atom. The molecule has 0 unspecified atom stereocenters. The van der Waals surface area contributed by atoms with Gasteiger partial charge in [0.25, 0.3) is 0 Å². The van der Waals surface area contributed by atoms with E-state index in [1.165, 1.54) is 0 Å². The van der Waals surface area contributed by atoms with Crippen molar-refractivity contribution in [3.8, 4) is 5.75 Å². The fourth-order valence-corrected chi connectivity index (χ4v) is 2.61. The number of nitrogens with zero attached hydrogens (tertiary/aromatic N) is 1. The smallest absolute Gasteiger partial charge is 0.191 e. The Labute approximate surface area is 155 Å². The monoisotopic (exact) mass is 433 g/mol. The van der Waals surface area contributed by atoms with Crippen molar-refractivity contribution in [2.24, 2.45) is 4.99 Å². The van der Waals surface area contributed by atoms with Gasteiger partial charge in [-0.2, -0.15) is 0 Å². The van der Waals surface area contributed by atoms with Crippen molar-refractivity contribution in [2.45, 2.75) is 38.2 Å². The molecule has 1 aromatic rings. The van der Waals surface area contributed by atoms with Gasteiger partial charge in [0, 0.05) is 6.54 Å². The third kappa shape index (κ3) is 7.39. The van der Waals surface area contributed by atoms with E-state index < -0.39 is 5.60 Å². The number of hydrogen-bond donors (Lipinski definition) is 3. The van der Waals surface area contributed by atoms with E-state index in [2.05, 4.69) is 15.6 Å². The van der Waals surface area contributed by atoms with Crippen molar-refractivity contribution in [3.05, 3.63) is 30.3 Å². The number of aliphatic hydroxyl groups is 1. The summed E-state index contributed by atoms with van der Waals surface area (Å²) < 4.78 is 5.64. The highest BCUT2D eigenvalue weighted by Crippen LogP contribution is 2.29. The van der Waals surface area contributed by atoms with Gasteiger partial charge in [0.05, 0.1) is 18.7 Å². The quantitative estimate of drug-likeness (QED) is 0.268. The zero-order valence-corrected chi connectivity index (χ0v) is 16.1. The lowest BCUT2D eigenvalue weighted by Gasteiger charge is -2.20. The summed E-state index contributed by atoms with van der Waals surface area (Å²) >= 11 is 0. The predicted molar refractivity (Wildman–Crippen MR) is 105 cm³/mol. The van der Waals surface area contributed by atoms with Crippen LogP contribution in [0.2, 0.25) is 0 Å². The molecular weight excluding hydrogens is 405 g/mol. The first-order chi connectivity index (χ1) is 10.7. The summed E-state index contributed by atoms with van der Waals surface area (Å²) in [7, 11) is 0. The lowest BCUT2D eigenvalue weighted by molar-refractivity contribution is 0.0574. The molecule has 23 heavy (non-hydrogen) atoms. The lowest BCUT2D eigenvalue weighted by Crippen LogP contribution is -2.41. The first-order valence-corrected chi connectivity index (χ1v) is 8.14. The molecule has 1 aromatic carbocycles. The van der Waals surface area contributed by atoms with Crippen molar-refractivity contribution >= 4 is 29.9 Å². The molecule has 130 valence electrons. The predicted octanol–water partition coefficient (Wildman–Crippen LogP) is 2.54. The number of guanidine groups is 1. The maximum atomic E-state index is 10.3. The highest BCUT2D eigenvalue weighted by atomic mass is 127. The summed E-state index contributed by atoms with van der Waals surface area (Å²) in [5.74, 6) is 1.60. The van der Waals surface area contributed by atoms with Crippen LogP contribution in [0, 0.1) is 0 Å². The second-order valence-electron chi connectivity index (χ2n) is 5.71. The molecule has 0 aliphatic heterocycles. The summed E-state index contributed by atoms with van der Waals surface area (Å²) in [6, 6.07) is 9.76. The average Bonchev–Trinajstić information content (AvgIpc) is 2.97. The van der Waals surface area contributed by atoms with Crippen molar-refractivity contribution in [2.75, 3.05) is 26.2 Å². The Balaban J connectivity index is 0.00000264. The van der Waals surface area contributed by atoms with Crippen LogP contribution >= 0.6 is 24.0 Å². The van der Waals surface area contributed by atoms with E-state index in [1.807, 2.05) is 37.3 Å². The lowest BCUT2D eigenvalue weighted by atomic mass is 10.0. The zero-order valence-electron chi connectivity index (χ0n) is 13.8. The van der Waals surface area contributed by atoms with Crippen molar-refractivity contribution in [1.82, 2.24) is 10.6 Å². The molecule has 2 rings (SSSR count). The van der Waals surface area contributed by atoms with Crippen LogP contribution in [-0.2, 0) is 0 Å². The maximum absolute atomic E-state index is 10.3. The topological polar surface area (TPSA) is 65.9 Å². The largest absolute Gasteiger partial charge is 0.492 e. The number of benzene rings is 1. The van der Waals surface area contributed by atoms with Crippen molar-refractivity contribution < 1.29 is 9.84 Å². The molecule has 1 aliphatic carbocycles. The minimum atomic E-state index is -0.608. The molecule has 0 heterocycles. The van der Waals surface area contributed by atoms with Gasteiger partial charge in [-0.1, -0.05) is 31.0 Å². The SMILES string of the molecule is CCNC(=NCC1(O)CCCC1)NCCOc1ccccc1.I. The second kappa shape index (κ2) is 10.7. The van der Waals surface area contributed by atoms with Gasteiger partial charge in [0.15, 0.2) is 5.96 Å². The number of rotatable bonds is 7. The van der Waals surface area contributed by atoms with E-state index in [4.69, 9.17) is 4.74 Å². The second-order valence-corrected chi connectivity index (χ2v) is 5.71. The zero-order chi connectivity index (χ0) is 15.7. The van der Waals surface area contributed by atoms with Crippen LogP contribution in [-0.4, -0.2) is 42.9 Å². The minimum Gasteiger partial charge on any atom is -0.492 e. The van der Waals surface area contributed by atoms with Gasteiger partial charge in [-0.05, 0) is 31.9 Å². The average molecular weight is 433 g/mol. The van der Waals surface area contributed by atoms with Gasteiger partial charge in [0.2, 0.25) is 0 Å². The van der Waals surface area contributed by atoms with Crippen LogP contribution in [0.25, 0.3) is 0 Å². The molecule has 5 nitrogen and oxygen atoms in total. The van der Waals surface area contributed by atoms with Crippen molar-refractivity contribution in [3.63, 3.8) is 0 Å². The first-order valence-electron chi connectivity index (χ1n) is 8.14. The summed E-state index contributed by atoms with van der Waals surface area (Å²) in [5.41, 5.74) is -0.608. The van der Waals surface area contributed by atoms with E-state index in [0.29, 0.717) is 19.7 Å². The van der Waals surface area contributed by atoms with E-state index in [0.717, 1.165) is 43.9 Å². The molecule has 0 aromatic heterocycles. The van der Waals surface area contributed by atoms with Crippen LogP contribution in [0.4, 0.5) is 0 Å². The standard InChI is InChI=1S/C17H27N3O2.HI/c1-2-18-16(20-14-17(21)10-6-7-11-17)19-12-13-22-15-8-4-3-5-9-15;/h3-5,8-9,21H,2,6-7,10-14H2,1H3,(H2,18,19,20);1H. The minimum absolute atomic E-state index is 0. The molecule has 0 atom stereocenters. The Kier molecular flexibility index (Phi) is 9.31. The van der Waals surface area contributed by atoms with Crippen LogP contribution in [0.5, 0.6) is 5.75 Å². The molecule has 0 bridgehead atoms. The molecule has 0 spiro atoms. The van der Waals surface area contributed by atoms with Gasteiger partial charge in [-0.15, -0.1) is 24.0 Å². The molecule has 0 radical (unpaired) electrons. The molecule has 0 amide bonds. The first kappa shape index (κ1) is 20.0. The number of aliphatic imine (C=N–C) groups is 1. The van der Waals surface area contributed by atoms with E-state index in [-0.39, 0.29) is 24.0 Å². The molecule has 1 fully saturated rings. The Morgan fingerprint density at radius 1 is 1.22 bits per heavy atom. The van der Waals surface area contributed by atoms with Crippen LogP contribution in [0.15, 0.2) is 35.3 Å². The molecule has 1 saturated carbocycles. The Morgan fingerprint density at radius 2 is 1.91 bits per heavy atom. The van der Waals surface area contributed by atoms with Gasteiger partial charge < -0.3 is 20.5 Å². The normalized spacial score (nSPS) is 16.5. The van der Waals surface area contributed by atoms with E-state index in [9.17, 15) is 5.11 Å². The molecule has 6 heteroatoms. The summed E-state index contributed by atoms with van der Waals surface area (Å²) in [6.07, 6.45) is 3.90. The Bertz CT molecular complexity index is 462. The number of para-hydroxylation sites is 1.